The number of nitrogens with zero attached hydrogens (tertiary/aromatic N) is 3. The molecule has 2 N–H and O–H groups in total. The van der Waals surface area contributed by atoms with Gasteiger partial charge in [0.1, 0.15) is 17.7 Å². The van der Waals surface area contributed by atoms with Crippen LogP contribution in [0.4, 0.5) is 23.4 Å². The Hall–Kier alpha value is -3.10. The Balaban J connectivity index is 1.92. The van der Waals surface area contributed by atoms with E-state index in [1.165, 1.54) is 29.2 Å². The van der Waals surface area contributed by atoms with Crippen molar-refractivity contribution in [1.82, 2.24) is 14.5 Å². The quantitative estimate of drug-likeness (QED) is 0.738. The third-order valence-electron chi connectivity index (χ3n) is 3.10. The number of pyridine rings is 1. The standard InChI is InChI=1S/C15H10F4N4O/c16-11-6-9(23-7-13(20)22-8-23)3-4-12(11)24-14-10(15(17,18)19)2-1-5-21-14/h1-8H,20H2. The number of rotatable bonds is 3. The maximum absolute atomic E-state index is 14.2. The van der Waals surface area contributed by atoms with Crippen LogP contribution in [0.15, 0.2) is 49.1 Å². The predicted octanol–water partition coefficient (Wildman–Crippen LogP) is 3.80. The Kier molecular flexibility index (Phi) is 3.84. The summed E-state index contributed by atoms with van der Waals surface area (Å²) in [5.74, 6) is -1.70. The van der Waals surface area contributed by atoms with Gasteiger partial charge in [-0.3, -0.25) is 0 Å². The van der Waals surface area contributed by atoms with Gasteiger partial charge in [0.2, 0.25) is 5.88 Å². The van der Waals surface area contributed by atoms with E-state index in [4.69, 9.17) is 10.5 Å². The molecule has 2 aromatic heterocycles. The molecule has 0 fully saturated rings. The van der Waals surface area contributed by atoms with Crippen molar-refractivity contribution in [2.75, 3.05) is 5.73 Å². The molecule has 1 aromatic carbocycles. The highest BCUT2D eigenvalue weighted by Crippen LogP contribution is 2.37. The molecule has 9 heteroatoms. The van der Waals surface area contributed by atoms with E-state index in [1.54, 1.807) is 0 Å². The zero-order chi connectivity index (χ0) is 17.3. The molecule has 0 aliphatic heterocycles. The highest BCUT2D eigenvalue weighted by Gasteiger charge is 2.35. The molecule has 0 bridgehead atoms. The van der Waals surface area contributed by atoms with Crippen LogP contribution in [-0.4, -0.2) is 14.5 Å². The molecule has 0 spiro atoms. The van der Waals surface area contributed by atoms with E-state index in [9.17, 15) is 17.6 Å². The van der Waals surface area contributed by atoms with Gasteiger partial charge in [-0.15, -0.1) is 0 Å². The smallest absolute Gasteiger partial charge is 0.421 e. The van der Waals surface area contributed by atoms with Crippen LogP contribution in [0.3, 0.4) is 0 Å². The van der Waals surface area contributed by atoms with Gasteiger partial charge < -0.3 is 15.0 Å². The lowest BCUT2D eigenvalue weighted by Gasteiger charge is -2.13. The number of imidazole rings is 1. The number of nitrogen functional groups attached to an aromatic ring is 1. The van der Waals surface area contributed by atoms with E-state index in [-0.39, 0.29) is 11.6 Å². The minimum absolute atomic E-state index is 0.249. The molecule has 0 amide bonds. The maximum Gasteiger partial charge on any atom is 0.421 e. The van der Waals surface area contributed by atoms with Gasteiger partial charge in [0, 0.05) is 18.0 Å². The molecule has 0 aliphatic carbocycles. The van der Waals surface area contributed by atoms with E-state index in [0.29, 0.717) is 5.69 Å². The zero-order valence-corrected chi connectivity index (χ0v) is 12.0. The van der Waals surface area contributed by atoms with E-state index >= 15 is 0 Å². The summed E-state index contributed by atoms with van der Waals surface area (Å²) in [4.78, 5) is 7.33. The van der Waals surface area contributed by atoms with Gasteiger partial charge in [-0.1, -0.05) is 0 Å². The lowest BCUT2D eigenvalue weighted by Crippen LogP contribution is -2.08. The lowest BCUT2D eigenvalue weighted by molar-refractivity contribution is -0.138. The van der Waals surface area contributed by atoms with Gasteiger partial charge in [0.05, 0.1) is 6.20 Å². The van der Waals surface area contributed by atoms with Crippen molar-refractivity contribution in [3.8, 4) is 17.3 Å². The van der Waals surface area contributed by atoms with Gasteiger partial charge in [0.25, 0.3) is 0 Å². The first kappa shape index (κ1) is 15.8. The Bertz CT molecular complexity index is 876. The SMILES string of the molecule is Nc1cn(-c2ccc(Oc3ncccc3C(F)(F)F)c(F)c2)cn1. The van der Waals surface area contributed by atoms with Crippen molar-refractivity contribution in [2.45, 2.75) is 6.18 Å². The van der Waals surface area contributed by atoms with Crippen molar-refractivity contribution in [3.05, 3.63) is 60.4 Å². The first-order valence-corrected chi connectivity index (χ1v) is 6.64. The van der Waals surface area contributed by atoms with Gasteiger partial charge in [0.15, 0.2) is 11.6 Å². The van der Waals surface area contributed by atoms with Crippen LogP contribution in [0.1, 0.15) is 5.56 Å². The van der Waals surface area contributed by atoms with Crippen LogP contribution in [0.2, 0.25) is 0 Å². The Morgan fingerprint density at radius 1 is 1.12 bits per heavy atom. The van der Waals surface area contributed by atoms with Crippen LogP contribution in [0.25, 0.3) is 5.69 Å². The van der Waals surface area contributed by atoms with Crippen LogP contribution in [-0.2, 0) is 6.18 Å². The number of benzene rings is 1. The van der Waals surface area contributed by atoms with Crippen molar-refractivity contribution >= 4 is 5.82 Å². The molecule has 3 rings (SSSR count). The first-order valence-electron chi connectivity index (χ1n) is 6.64. The number of aromatic nitrogens is 3. The van der Waals surface area contributed by atoms with Crippen molar-refractivity contribution in [1.29, 1.82) is 0 Å². The summed E-state index contributed by atoms with van der Waals surface area (Å²) in [6, 6.07) is 5.68. The number of ether oxygens (including phenoxy) is 1. The predicted molar refractivity (Wildman–Crippen MR) is 77.2 cm³/mol. The second kappa shape index (κ2) is 5.84. The number of nitrogens with two attached hydrogens (primary N) is 1. The number of hydrogen-bond acceptors (Lipinski definition) is 4. The summed E-state index contributed by atoms with van der Waals surface area (Å²) >= 11 is 0. The average molecular weight is 338 g/mol. The van der Waals surface area contributed by atoms with Crippen LogP contribution in [0, 0.1) is 5.82 Å². The molecule has 5 nitrogen and oxygen atoms in total. The van der Waals surface area contributed by atoms with Gasteiger partial charge in [-0.2, -0.15) is 13.2 Å². The number of hydrogen-bond donors (Lipinski definition) is 1. The molecule has 0 saturated heterocycles. The lowest BCUT2D eigenvalue weighted by atomic mass is 10.2. The van der Waals surface area contributed by atoms with Gasteiger partial charge >= 0.3 is 6.18 Å². The van der Waals surface area contributed by atoms with Crippen LogP contribution in [0.5, 0.6) is 11.6 Å². The second-order valence-electron chi connectivity index (χ2n) is 4.78. The highest BCUT2D eigenvalue weighted by molar-refractivity contribution is 5.42. The third kappa shape index (κ3) is 3.14. The minimum atomic E-state index is -4.66. The molecule has 0 atom stereocenters. The summed E-state index contributed by atoms with van der Waals surface area (Å²) < 4.78 is 59.3. The summed E-state index contributed by atoms with van der Waals surface area (Å²) in [6.45, 7) is 0. The largest absolute Gasteiger partial charge is 0.435 e. The highest BCUT2D eigenvalue weighted by atomic mass is 19.4. The Morgan fingerprint density at radius 3 is 2.54 bits per heavy atom. The maximum atomic E-state index is 14.2. The molecule has 0 radical (unpaired) electrons. The molecule has 0 saturated carbocycles. The zero-order valence-electron chi connectivity index (χ0n) is 12.0. The molecule has 24 heavy (non-hydrogen) atoms. The molecule has 0 unspecified atom stereocenters. The Labute approximate surface area is 133 Å². The minimum Gasteiger partial charge on any atom is -0.435 e. The van der Waals surface area contributed by atoms with Crippen molar-refractivity contribution in [2.24, 2.45) is 0 Å². The molecule has 0 aliphatic rings. The van der Waals surface area contributed by atoms with Gasteiger partial charge in [-0.25, -0.2) is 14.4 Å². The van der Waals surface area contributed by atoms with Crippen molar-refractivity contribution in [3.63, 3.8) is 0 Å². The topological polar surface area (TPSA) is 66.0 Å². The summed E-state index contributed by atoms with van der Waals surface area (Å²) in [5.41, 5.74) is 4.78. The fourth-order valence-electron chi connectivity index (χ4n) is 2.00. The molecule has 2 heterocycles. The number of halogens is 4. The first-order chi connectivity index (χ1) is 11.3. The summed E-state index contributed by atoms with van der Waals surface area (Å²) in [6.07, 6.45) is -0.680. The van der Waals surface area contributed by atoms with Crippen LogP contribution >= 0.6 is 0 Å². The fraction of sp³-hybridized carbons (Fsp3) is 0.0667. The summed E-state index contributed by atoms with van der Waals surface area (Å²) in [5, 5.41) is 0. The fourth-order valence-corrected chi connectivity index (χ4v) is 2.00. The van der Waals surface area contributed by atoms with E-state index in [2.05, 4.69) is 9.97 Å². The summed E-state index contributed by atoms with van der Waals surface area (Å²) in [7, 11) is 0. The van der Waals surface area contributed by atoms with E-state index < -0.39 is 23.4 Å². The number of anilines is 1. The molecular weight excluding hydrogens is 328 g/mol. The average Bonchev–Trinajstić information content (AvgIpc) is 2.95. The van der Waals surface area contributed by atoms with E-state index in [0.717, 1.165) is 24.4 Å². The van der Waals surface area contributed by atoms with Gasteiger partial charge in [-0.05, 0) is 24.3 Å². The molecule has 124 valence electrons. The molecular formula is C15H10F4N4O. The Morgan fingerprint density at radius 2 is 1.92 bits per heavy atom. The van der Waals surface area contributed by atoms with Crippen molar-refractivity contribution < 1.29 is 22.3 Å². The third-order valence-corrected chi connectivity index (χ3v) is 3.10. The monoisotopic (exact) mass is 338 g/mol. The normalized spacial score (nSPS) is 11.5. The van der Waals surface area contributed by atoms with E-state index in [1.807, 2.05) is 0 Å². The molecule has 3 aromatic rings. The van der Waals surface area contributed by atoms with Crippen LogP contribution < -0.4 is 10.5 Å². The second-order valence-corrected chi connectivity index (χ2v) is 4.78. The number of alkyl halides is 3.